The maximum Gasteiger partial charge on any atom is 0.600 e. The Morgan fingerprint density at radius 3 is 2.65 bits per heavy atom. The molecule has 1 N–H and O–H groups in total. The number of benzene rings is 2. The third-order valence-electron chi connectivity index (χ3n) is 4.84. The van der Waals surface area contributed by atoms with Crippen LogP contribution >= 0.6 is 15.9 Å². The highest BCUT2D eigenvalue weighted by Gasteiger charge is 2.41. The molecule has 0 radical (unpaired) electrons. The largest absolute Gasteiger partial charge is 0.600 e. The van der Waals surface area contributed by atoms with Crippen LogP contribution in [0, 0.1) is 11.7 Å². The summed E-state index contributed by atoms with van der Waals surface area (Å²) in [5.74, 6) is -1.86. The van der Waals surface area contributed by atoms with Gasteiger partial charge in [0.25, 0.3) is 5.91 Å². The Morgan fingerprint density at radius 1 is 1.16 bits per heavy atom. The zero-order valence-corrected chi connectivity index (χ0v) is 18.8. The van der Waals surface area contributed by atoms with Crippen LogP contribution in [-0.2, 0) is 9.45 Å². The maximum absolute atomic E-state index is 13.9. The second-order valence-electron chi connectivity index (χ2n) is 7.83. The van der Waals surface area contributed by atoms with Crippen LogP contribution in [0.2, 0.25) is 5.82 Å². The molecule has 3 rings (SSSR count). The number of ketones is 1. The van der Waals surface area contributed by atoms with Gasteiger partial charge in [-0.05, 0) is 42.7 Å². The number of amides is 1. The molecule has 2 aromatic carbocycles. The van der Waals surface area contributed by atoms with Gasteiger partial charge in [-0.1, -0.05) is 41.9 Å². The highest BCUT2D eigenvalue weighted by atomic mass is 79.9. The van der Waals surface area contributed by atoms with Gasteiger partial charge < -0.3 is 14.6 Å². The number of Topliss-reactive ketones (excluding diaryl/α,β-unsaturated/α-hetero) is 1. The minimum atomic E-state index is -0.896. The fourth-order valence-corrected chi connectivity index (χ4v) is 3.82. The highest BCUT2D eigenvalue weighted by Crippen LogP contribution is 2.33. The molecule has 2 aromatic rings. The first kappa shape index (κ1) is 23.0. The first-order chi connectivity index (χ1) is 14.7. The van der Waals surface area contributed by atoms with Gasteiger partial charge in [-0.3, -0.25) is 9.59 Å². The molecule has 31 heavy (non-hydrogen) atoms. The Morgan fingerprint density at radius 2 is 1.90 bits per heavy atom. The molecule has 0 bridgehead atoms. The number of carbonyl (C=O) groups is 3. The van der Waals surface area contributed by atoms with Crippen molar-refractivity contribution in [3.05, 3.63) is 63.9 Å². The van der Waals surface area contributed by atoms with E-state index in [1.165, 1.54) is 18.2 Å². The van der Waals surface area contributed by atoms with Crippen LogP contribution < -0.4 is 9.97 Å². The molecule has 0 spiro atoms. The van der Waals surface area contributed by atoms with E-state index in [1.807, 2.05) is 13.8 Å². The molecule has 1 atom stereocenters. The number of para-hydroxylation sites is 1. The van der Waals surface area contributed by atoms with Crippen LogP contribution in [0.5, 0.6) is 5.75 Å². The first-order valence-electron chi connectivity index (χ1n) is 9.96. The maximum atomic E-state index is 13.9. The molecule has 1 aliphatic heterocycles. The lowest BCUT2D eigenvalue weighted by molar-refractivity contribution is -0.118. The number of nitrogens with one attached hydrogen (secondary N) is 1. The second kappa shape index (κ2) is 10.1. The van der Waals surface area contributed by atoms with Gasteiger partial charge in [0.15, 0.2) is 5.78 Å². The van der Waals surface area contributed by atoms with Gasteiger partial charge in [0, 0.05) is 16.7 Å². The van der Waals surface area contributed by atoms with Gasteiger partial charge in [0.2, 0.25) is 0 Å². The molecule has 9 heteroatoms. The van der Waals surface area contributed by atoms with E-state index in [0.717, 1.165) is 0 Å². The van der Waals surface area contributed by atoms with E-state index in [0.29, 0.717) is 22.2 Å². The predicted octanol–water partition coefficient (Wildman–Crippen LogP) is 4.43. The van der Waals surface area contributed by atoms with Crippen LogP contribution in [0.1, 0.15) is 47.4 Å². The van der Waals surface area contributed by atoms with Crippen molar-refractivity contribution in [2.75, 3.05) is 6.54 Å². The van der Waals surface area contributed by atoms with Gasteiger partial charge >= 0.3 is 13.1 Å². The Balaban J connectivity index is 1.64. The van der Waals surface area contributed by atoms with E-state index in [2.05, 4.69) is 21.2 Å². The van der Waals surface area contributed by atoms with Crippen LogP contribution in [0.3, 0.4) is 0 Å². The van der Waals surface area contributed by atoms with E-state index in [-0.39, 0.29) is 36.0 Å². The molecule has 0 unspecified atom stereocenters. The van der Waals surface area contributed by atoms with Crippen LogP contribution in [-0.4, -0.2) is 31.3 Å². The van der Waals surface area contributed by atoms with Crippen LogP contribution in [0.4, 0.5) is 4.39 Å². The summed E-state index contributed by atoms with van der Waals surface area (Å²) in [6.45, 7) is 3.72. The summed E-state index contributed by atoms with van der Waals surface area (Å²) in [5, 5.41) is 2.45. The van der Waals surface area contributed by atoms with Gasteiger partial charge in [-0.2, -0.15) is 0 Å². The summed E-state index contributed by atoms with van der Waals surface area (Å²) in [5.41, 5.74) is 0.193. The molecule has 6 nitrogen and oxygen atoms in total. The van der Waals surface area contributed by atoms with Crippen molar-refractivity contribution in [2.24, 2.45) is 5.92 Å². The molecule has 1 aliphatic rings. The monoisotopic (exact) mass is 489 g/mol. The zero-order chi connectivity index (χ0) is 22.5. The Labute approximate surface area is 188 Å². The third-order valence-corrected chi connectivity index (χ3v) is 5.33. The van der Waals surface area contributed by atoms with Crippen LogP contribution in [0.15, 0.2) is 46.9 Å². The first-order valence-corrected chi connectivity index (χ1v) is 10.8. The Kier molecular flexibility index (Phi) is 7.48. The SMILES string of the molecule is CC(C)C[C@H](CC(=O)CNC(=O)c1cc(Br)ccc1F)B1OC(=O)c2ccccc2O1. The molecular formula is C22H22BBrFNO5. The summed E-state index contributed by atoms with van der Waals surface area (Å²) < 4.78 is 25.7. The van der Waals surface area contributed by atoms with Crippen molar-refractivity contribution in [2.45, 2.75) is 32.5 Å². The molecule has 0 aromatic heterocycles. The average molecular weight is 490 g/mol. The lowest BCUT2D eigenvalue weighted by Gasteiger charge is -2.28. The predicted molar refractivity (Wildman–Crippen MR) is 118 cm³/mol. The molecule has 0 saturated heterocycles. The van der Waals surface area contributed by atoms with Crippen molar-refractivity contribution in [3.8, 4) is 5.75 Å². The lowest BCUT2D eigenvalue weighted by Crippen LogP contribution is -2.41. The lowest BCUT2D eigenvalue weighted by atomic mass is 9.64. The molecule has 162 valence electrons. The number of hydrogen-bond acceptors (Lipinski definition) is 5. The summed E-state index contributed by atoms with van der Waals surface area (Å²) in [6, 6.07) is 10.8. The zero-order valence-electron chi connectivity index (χ0n) is 17.2. The van der Waals surface area contributed by atoms with Gasteiger partial charge in [-0.25, -0.2) is 9.18 Å². The van der Waals surface area contributed by atoms with Crippen molar-refractivity contribution in [1.82, 2.24) is 5.32 Å². The topological polar surface area (TPSA) is 81.7 Å². The molecule has 0 saturated carbocycles. The highest BCUT2D eigenvalue weighted by molar-refractivity contribution is 9.10. The summed E-state index contributed by atoms with van der Waals surface area (Å²) in [6.07, 6.45) is 0.625. The fraction of sp³-hybridized carbons (Fsp3) is 0.318. The number of hydrogen-bond donors (Lipinski definition) is 1. The number of halogens is 2. The van der Waals surface area contributed by atoms with Gasteiger partial charge in [0.05, 0.1) is 17.7 Å². The summed E-state index contributed by atoms with van der Waals surface area (Å²) in [4.78, 5) is 37.1. The third kappa shape index (κ3) is 5.94. The van der Waals surface area contributed by atoms with Gasteiger partial charge in [-0.15, -0.1) is 0 Å². The minimum Gasteiger partial charge on any atom is -0.525 e. The number of rotatable bonds is 8. The van der Waals surface area contributed by atoms with Crippen molar-refractivity contribution >= 4 is 40.7 Å². The van der Waals surface area contributed by atoms with Crippen molar-refractivity contribution in [1.29, 1.82) is 0 Å². The van der Waals surface area contributed by atoms with E-state index in [9.17, 15) is 18.8 Å². The smallest absolute Gasteiger partial charge is 0.525 e. The Hall–Kier alpha value is -2.68. The van der Waals surface area contributed by atoms with Gasteiger partial charge in [0.1, 0.15) is 11.6 Å². The molecule has 1 amide bonds. The number of fused-ring (bicyclic) bond motifs is 1. The quantitative estimate of drug-likeness (QED) is 0.554. The van der Waals surface area contributed by atoms with Crippen LogP contribution in [0.25, 0.3) is 0 Å². The van der Waals surface area contributed by atoms with Crippen molar-refractivity contribution < 1.29 is 28.1 Å². The summed E-state index contributed by atoms with van der Waals surface area (Å²) in [7, 11) is -0.896. The fourth-order valence-electron chi connectivity index (χ4n) is 3.46. The molecule has 0 aliphatic carbocycles. The van der Waals surface area contributed by atoms with E-state index < -0.39 is 24.8 Å². The standard InChI is InChI=1S/C22H22BBrFNO5/c1-13(2)9-14(23-30-20-6-4-3-5-17(20)22(29)31-23)10-16(27)12-26-21(28)18-11-15(24)7-8-19(18)25/h3-8,11,13-14H,9-10,12H2,1-2H3,(H,26,28)/t14-/m1/s1. The minimum absolute atomic E-state index is 0.0412. The molecule has 1 heterocycles. The molecular weight excluding hydrogens is 468 g/mol. The normalized spacial score (nSPS) is 13.8. The number of carbonyl (C=O) groups excluding carboxylic acids is 3. The second-order valence-corrected chi connectivity index (χ2v) is 8.74. The summed E-state index contributed by atoms with van der Waals surface area (Å²) >= 11 is 3.19. The Bertz CT molecular complexity index is 1000. The average Bonchev–Trinajstić information content (AvgIpc) is 2.73. The van der Waals surface area contributed by atoms with E-state index in [1.54, 1.807) is 24.3 Å². The van der Waals surface area contributed by atoms with E-state index in [4.69, 9.17) is 9.31 Å². The van der Waals surface area contributed by atoms with E-state index >= 15 is 0 Å². The van der Waals surface area contributed by atoms with Crippen molar-refractivity contribution in [3.63, 3.8) is 0 Å². The molecule has 0 fully saturated rings.